The van der Waals surface area contributed by atoms with Crippen LogP contribution < -0.4 is 4.90 Å². The Morgan fingerprint density at radius 3 is 1.82 bits per heavy atom. The van der Waals surface area contributed by atoms with Crippen molar-refractivity contribution in [2.75, 3.05) is 4.90 Å². The van der Waals surface area contributed by atoms with Crippen LogP contribution in [-0.4, -0.2) is 6.04 Å². The van der Waals surface area contributed by atoms with E-state index in [4.69, 9.17) is 4.42 Å². The van der Waals surface area contributed by atoms with Crippen molar-refractivity contribution < 1.29 is 4.42 Å². The van der Waals surface area contributed by atoms with Crippen molar-refractivity contribution in [1.29, 1.82) is 0 Å². The molecular formula is C65H51NO. The molecule has 2 heteroatoms. The molecule has 0 spiro atoms. The zero-order valence-electron chi connectivity index (χ0n) is 37.9. The molecule has 1 aromatic heterocycles. The SMILES string of the molecule is CCC(c1ccccc1)C(CC(C)c1cc2ccccc2c2ccccc12)N(c1ccc(-c2ccc3c(ccc4ccccc43)c2)cc1)c1ccccc1-c1cccc2c1oc1ccccc12. The van der Waals surface area contributed by atoms with Gasteiger partial charge in [-0.25, -0.2) is 0 Å². The van der Waals surface area contributed by atoms with Gasteiger partial charge in [0.05, 0.1) is 0 Å². The van der Waals surface area contributed by atoms with Crippen molar-refractivity contribution in [2.24, 2.45) is 0 Å². The molecule has 0 saturated heterocycles. The lowest BCUT2D eigenvalue weighted by molar-refractivity contribution is 0.452. The van der Waals surface area contributed by atoms with Gasteiger partial charge in [0.2, 0.25) is 0 Å². The molecule has 11 aromatic carbocycles. The first-order valence-electron chi connectivity index (χ1n) is 23.9. The van der Waals surface area contributed by atoms with E-state index in [9.17, 15) is 0 Å². The molecule has 12 aromatic rings. The molecule has 322 valence electrons. The lowest BCUT2D eigenvalue weighted by atomic mass is 9.79. The normalized spacial score (nSPS) is 13.2. The van der Waals surface area contributed by atoms with Crippen LogP contribution in [0.2, 0.25) is 0 Å². The van der Waals surface area contributed by atoms with Crippen molar-refractivity contribution in [1.82, 2.24) is 0 Å². The number of benzene rings is 11. The lowest BCUT2D eigenvalue weighted by Crippen LogP contribution is -2.38. The van der Waals surface area contributed by atoms with Gasteiger partial charge >= 0.3 is 0 Å². The average Bonchev–Trinajstić information content (AvgIpc) is 3.78. The topological polar surface area (TPSA) is 16.4 Å². The Kier molecular flexibility index (Phi) is 10.4. The van der Waals surface area contributed by atoms with Gasteiger partial charge in [0.25, 0.3) is 0 Å². The predicted molar refractivity (Wildman–Crippen MR) is 286 cm³/mol. The Balaban J connectivity index is 1.05. The number of para-hydroxylation sites is 3. The van der Waals surface area contributed by atoms with E-state index in [-0.39, 0.29) is 17.9 Å². The van der Waals surface area contributed by atoms with Crippen molar-refractivity contribution >= 4 is 76.4 Å². The Morgan fingerprint density at radius 1 is 0.433 bits per heavy atom. The largest absolute Gasteiger partial charge is 0.455 e. The lowest BCUT2D eigenvalue weighted by Gasteiger charge is -2.41. The third kappa shape index (κ3) is 7.21. The molecule has 0 radical (unpaired) electrons. The second-order valence-corrected chi connectivity index (χ2v) is 18.3. The second-order valence-electron chi connectivity index (χ2n) is 18.3. The summed E-state index contributed by atoms with van der Waals surface area (Å²) in [5, 5.41) is 12.6. The first-order chi connectivity index (χ1) is 33.1. The Morgan fingerprint density at radius 2 is 1.01 bits per heavy atom. The molecule has 0 bridgehead atoms. The molecule has 0 aliphatic heterocycles. The van der Waals surface area contributed by atoms with Gasteiger partial charge in [-0.05, 0) is 114 Å². The molecular weight excluding hydrogens is 811 g/mol. The van der Waals surface area contributed by atoms with E-state index in [1.54, 1.807) is 0 Å². The van der Waals surface area contributed by atoms with Crippen molar-refractivity contribution in [3.05, 3.63) is 242 Å². The standard InChI is InChI=1S/C65H51NO/c1-3-51(45-18-5-4-6-19-45)63(40-43(2)61-42-48-21-8-10-23-53(48)55-24-11-12-25-56(55)61)66(62-30-15-13-26-57(62)59-28-17-29-60-58-27-14-16-31-64(58)67-65(59)60)50-37-34-44(35-38-50)47-36-39-54-49(41-47)33-32-46-20-7-9-22-52(46)54/h4-39,41-43,51,63H,3,40H2,1-2H3. The van der Waals surface area contributed by atoms with Gasteiger partial charge in [-0.3, -0.25) is 0 Å². The summed E-state index contributed by atoms with van der Waals surface area (Å²) in [6.07, 6.45) is 1.89. The zero-order valence-corrected chi connectivity index (χ0v) is 37.9. The Labute approximate surface area is 392 Å². The summed E-state index contributed by atoms with van der Waals surface area (Å²) >= 11 is 0. The van der Waals surface area contributed by atoms with Gasteiger partial charge in [-0.2, -0.15) is 0 Å². The fraction of sp³-hybridized carbons (Fsp3) is 0.108. The summed E-state index contributed by atoms with van der Waals surface area (Å²) < 4.78 is 6.78. The van der Waals surface area contributed by atoms with E-state index in [2.05, 4.69) is 249 Å². The number of hydrogen-bond acceptors (Lipinski definition) is 2. The maximum atomic E-state index is 6.78. The fourth-order valence-electron chi connectivity index (χ4n) is 11.2. The quantitative estimate of drug-likeness (QED) is 0.120. The predicted octanol–water partition coefficient (Wildman–Crippen LogP) is 18.4. The summed E-state index contributed by atoms with van der Waals surface area (Å²) in [7, 11) is 0. The monoisotopic (exact) mass is 861 g/mol. The van der Waals surface area contributed by atoms with Gasteiger partial charge in [0.1, 0.15) is 11.2 Å². The summed E-state index contributed by atoms with van der Waals surface area (Å²) in [5.41, 5.74) is 11.5. The molecule has 3 atom stereocenters. The minimum atomic E-state index is 0.0588. The zero-order chi connectivity index (χ0) is 44.8. The van der Waals surface area contributed by atoms with Gasteiger partial charge in [0.15, 0.2) is 0 Å². The number of rotatable bonds is 11. The number of furan rings is 1. The van der Waals surface area contributed by atoms with E-state index in [0.29, 0.717) is 0 Å². The van der Waals surface area contributed by atoms with Crippen molar-refractivity contribution in [3.8, 4) is 22.3 Å². The highest BCUT2D eigenvalue weighted by Gasteiger charge is 2.33. The summed E-state index contributed by atoms with van der Waals surface area (Å²) in [4.78, 5) is 2.69. The van der Waals surface area contributed by atoms with Gasteiger partial charge in [-0.15, -0.1) is 0 Å². The van der Waals surface area contributed by atoms with Crippen LogP contribution in [0.3, 0.4) is 0 Å². The van der Waals surface area contributed by atoms with Crippen LogP contribution in [0.1, 0.15) is 49.7 Å². The maximum Gasteiger partial charge on any atom is 0.143 e. The van der Waals surface area contributed by atoms with Gasteiger partial charge in [-0.1, -0.05) is 214 Å². The summed E-state index contributed by atoms with van der Waals surface area (Å²) in [6.45, 7) is 4.82. The van der Waals surface area contributed by atoms with Gasteiger partial charge in [0, 0.05) is 45.2 Å². The minimum Gasteiger partial charge on any atom is -0.455 e. The Bertz CT molecular complexity index is 3750. The average molecular weight is 862 g/mol. The van der Waals surface area contributed by atoms with Crippen LogP contribution in [0.5, 0.6) is 0 Å². The number of nitrogens with zero attached hydrogens (tertiary/aromatic N) is 1. The maximum absolute atomic E-state index is 6.78. The second kappa shape index (κ2) is 17.1. The van der Waals surface area contributed by atoms with Crippen molar-refractivity contribution in [3.63, 3.8) is 0 Å². The van der Waals surface area contributed by atoms with Crippen LogP contribution in [-0.2, 0) is 0 Å². The first-order valence-corrected chi connectivity index (χ1v) is 23.9. The van der Waals surface area contributed by atoms with Crippen LogP contribution in [0.15, 0.2) is 235 Å². The fourth-order valence-corrected chi connectivity index (χ4v) is 11.2. The van der Waals surface area contributed by atoms with Gasteiger partial charge < -0.3 is 9.32 Å². The molecule has 0 fully saturated rings. The van der Waals surface area contributed by atoms with E-state index < -0.39 is 0 Å². The smallest absolute Gasteiger partial charge is 0.143 e. The molecule has 1 heterocycles. The molecule has 0 aliphatic rings. The third-order valence-corrected chi connectivity index (χ3v) is 14.5. The highest BCUT2D eigenvalue weighted by Crippen LogP contribution is 2.47. The molecule has 0 aliphatic carbocycles. The highest BCUT2D eigenvalue weighted by molar-refractivity contribution is 6.12. The third-order valence-electron chi connectivity index (χ3n) is 14.5. The number of hydrogen-bond donors (Lipinski definition) is 0. The van der Waals surface area contributed by atoms with Crippen LogP contribution >= 0.6 is 0 Å². The molecule has 0 N–H and O–H groups in total. The highest BCUT2D eigenvalue weighted by atomic mass is 16.3. The molecule has 0 amide bonds. The molecule has 67 heavy (non-hydrogen) atoms. The summed E-state index contributed by atoms with van der Waals surface area (Å²) in [5.74, 6) is 0.430. The Hall–Kier alpha value is -7.94. The minimum absolute atomic E-state index is 0.0588. The van der Waals surface area contributed by atoms with Crippen LogP contribution in [0, 0.1) is 0 Å². The summed E-state index contributed by atoms with van der Waals surface area (Å²) in [6, 6.07) is 85.1. The van der Waals surface area contributed by atoms with E-state index in [1.807, 2.05) is 0 Å². The first kappa shape index (κ1) is 40.6. The van der Waals surface area contributed by atoms with E-state index in [1.165, 1.54) is 65.3 Å². The van der Waals surface area contributed by atoms with Crippen molar-refractivity contribution in [2.45, 2.75) is 44.6 Å². The van der Waals surface area contributed by atoms with Crippen LogP contribution in [0.4, 0.5) is 11.4 Å². The molecule has 3 unspecified atom stereocenters. The number of anilines is 2. The number of fused-ring (bicyclic) bond motifs is 9. The molecule has 2 nitrogen and oxygen atoms in total. The van der Waals surface area contributed by atoms with E-state index >= 15 is 0 Å². The van der Waals surface area contributed by atoms with E-state index in [0.717, 1.165) is 57.3 Å². The molecule has 12 rings (SSSR count). The molecule has 0 saturated carbocycles. The van der Waals surface area contributed by atoms with Crippen LogP contribution in [0.25, 0.3) is 87.3 Å².